The molecule has 0 aromatic heterocycles. The zero-order valence-corrected chi connectivity index (χ0v) is 12.3. The average molecular weight is 270 g/mol. The summed E-state index contributed by atoms with van der Waals surface area (Å²) >= 11 is 0. The molecule has 110 valence electrons. The quantitative estimate of drug-likeness (QED) is 0.581. The lowest BCUT2D eigenvalue weighted by Gasteiger charge is -2.34. The molecule has 0 aliphatic carbocycles. The zero-order valence-electron chi connectivity index (χ0n) is 12.3. The van der Waals surface area contributed by atoms with Crippen LogP contribution in [0.15, 0.2) is 0 Å². The van der Waals surface area contributed by atoms with Gasteiger partial charge in [-0.05, 0) is 39.3 Å². The lowest BCUT2D eigenvalue weighted by atomic mass is 9.95. The van der Waals surface area contributed by atoms with Crippen LogP contribution >= 0.6 is 0 Å². The first-order chi connectivity index (χ1) is 9.10. The number of carbonyl (C=O) groups is 2. The summed E-state index contributed by atoms with van der Waals surface area (Å²) in [5.41, 5.74) is 0. The smallest absolute Gasteiger partial charge is 0.322 e. The maximum absolute atomic E-state index is 11.9. The molecule has 0 aromatic rings. The van der Waals surface area contributed by atoms with Crippen molar-refractivity contribution in [3.8, 4) is 0 Å². The van der Waals surface area contributed by atoms with E-state index in [0.717, 1.165) is 45.3 Å². The van der Waals surface area contributed by atoms with Gasteiger partial charge in [-0.25, -0.2) is 0 Å². The minimum atomic E-state index is -0.214. The monoisotopic (exact) mass is 270 g/mol. The molecule has 0 spiro atoms. The van der Waals surface area contributed by atoms with Crippen LogP contribution in [0.25, 0.3) is 0 Å². The third-order valence-corrected chi connectivity index (χ3v) is 3.82. The van der Waals surface area contributed by atoms with Gasteiger partial charge in [0.15, 0.2) is 0 Å². The highest BCUT2D eigenvalue weighted by Crippen LogP contribution is 2.19. The summed E-state index contributed by atoms with van der Waals surface area (Å²) in [6.45, 7) is 6.30. The number of likely N-dealkylation sites (tertiary alicyclic amines) is 1. The lowest BCUT2D eigenvalue weighted by Crippen LogP contribution is -2.47. The SMILES string of the molecule is CCCCNC(=O)C1CCN(C(C)C(=O)OC)CC1. The van der Waals surface area contributed by atoms with Crippen molar-refractivity contribution in [3.05, 3.63) is 0 Å². The Kier molecular flexibility index (Phi) is 6.84. The highest BCUT2D eigenvalue weighted by molar-refractivity contribution is 5.79. The Morgan fingerprint density at radius 3 is 2.53 bits per heavy atom. The van der Waals surface area contributed by atoms with Crippen LogP contribution in [0, 0.1) is 5.92 Å². The summed E-state index contributed by atoms with van der Waals surface area (Å²) in [5, 5.41) is 2.98. The third kappa shape index (κ3) is 4.82. The summed E-state index contributed by atoms with van der Waals surface area (Å²) < 4.78 is 4.75. The number of piperidine rings is 1. The van der Waals surface area contributed by atoms with E-state index in [1.165, 1.54) is 7.11 Å². The standard InChI is InChI=1S/C14H26N2O3/c1-4-5-8-15-13(17)12-6-9-16(10-7-12)11(2)14(18)19-3/h11-12H,4-10H2,1-3H3,(H,15,17). The van der Waals surface area contributed by atoms with Crippen molar-refractivity contribution in [3.63, 3.8) is 0 Å². The van der Waals surface area contributed by atoms with Crippen molar-refractivity contribution in [1.82, 2.24) is 10.2 Å². The Balaban J connectivity index is 2.32. The van der Waals surface area contributed by atoms with Crippen molar-refractivity contribution >= 4 is 11.9 Å². The Bertz CT molecular complexity index is 299. The van der Waals surface area contributed by atoms with E-state index in [-0.39, 0.29) is 23.8 Å². The fourth-order valence-corrected chi connectivity index (χ4v) is 2.40. The van der Waals surface area contributed by atoms with Crippen LogP contribution < -0.4 is 5.32 Å². The van der Waals surface area contributed by atoms with Gasteiger partial charge in [0, 0.05) is 12.5 Å². The first kappa shape index (κ1) is 16.0. The highest BCUT2D eigenvalue weighted by Gasteiger charge is 2.29. The maximum atomic E-state index is 11.9. The second-order valence-corrected chi connectivity index (χ2v) is 5.15. The van der Waals surface area contributed by atoms with Crippen LogP contribution in [0.1, 0.15) is 39.5 Å². The first-order valence-corrected chi connectivity index (χ1v) is 7.19. The van der Waals surface area contributed by atoms with Gasteiger partial charge in [-0.2, -0.15) is 0 Å². The van der Waals surface area contributed by atoms with Gasteiger partial charge in [0.2, 0.25) is 5.91 Å². The van der Waals surface area contributed by atoms with Crippen LogP contribution in [-0.2, 0) is 14.3 Å². The Morgan fingerprint density at radius 2 is 2.00 bits per heavy atom. The van der Waals surface area contributed by atoms with Gasteiger partial charge < -0.3 is 10.1 Å². The van der Waals surface area contributed by atoms with E-state index < -0.39 is 0 Å². The van der Waals surface area contributed by atoms with Gasteiger partial charge in [-0.1, -0.05) is 13.3 Å². The normalized spacial score (nSPS) is 18.9. The number of carbonyl (C=O) groups excluding carboxylic acids is 2. The van der Waals surface area contributed by atoms with Crippen molar-refractivity contribution < 1.29 is 14.3 Å². The van der Waals surface area contributed by atoms with Gasteiger partial charge in [-0.3, -0.25) is 14.5 Å². The summed E-state index contributed by atoms with van der Waals surface area (Å²) in [6.07, 6.45) is 3.76. The van der Waals surface area contributed by atoms with Crippen molar-refractivity contribution in [1.29, 1.82) is 0 Å². The van der Waals surface area contributed by atoms with E-state index in [1.54, 1.807) is 0 Å². The molecule has 1 unspecified atom stereocenters. The number of esters is 1. The molecule has 1 aliphatic rings. The van der Waals surface area contributed by atoms with Crippen molar-refractivity contribution in [2.24, 2.45) is 5.92 Å². The molecule has 1 heterocycles. The number of hydrogen-bond donors (Lipinski definition) is 1. The van der Waals surface area contributed by atoms with Crippen LogP contribution in [-0.4, -0.2) is 49.6 Å². The lowest BCUT2D eigenvalue weighted by molar-refractivity contribution is -0.147. The highest BCUT2D eigenvalue weighted by atomic mass is 16.5. The number of nitrogens with zero attached hydrogens (tertiary/aromatic N) is 1. The minimum Gasteiger partial charge on any atom is -0.468 e. The fraction of sp³-hybridized carbons (Fsp3) is 0.857. The molecular weight excluding hydrogens is 244 g/mol. The number of rotatable bonds is 6. The molecule has 1 rings (SSSR count). The molecule has 1 fully saturated rings. The van der Waals surface area contributed by atoms with Gasteiger partial charge >= 0.3 is 5.97 Å². The molecule has 1 amide bonds. The molecule has 5 nitrogen and oxygen atoms in total. The van der Waals surface area contributed by atoms with Crippen LogP contribution in [0.3, 0.4) is 0 Å². The molecule has 1 atom stereocenters. The minimum absolute atomic E-state index is 0.0953. The number of unbranched alkanes of at least 4 members (excludes halogenated alkanes) is 1. The summed E-state index contributed by atoms with van der Waals surface area (Å²) in [6, 6.07) is -0.214. The fourth-order valence-electron chi connectivity index (χ4n) is 2.40. The van der Waals surface area contributed by atoms with Gasteiger partial charge in [0.25, 0.3) is 0 Å². The molecular formula is C14H26N2O3. The van der Waals surface area contributed by atoms with Gasteiger partial charge in [0.05, 0.1) is 7.11 Å². The van der Waals surface area contributed by atoms with E-state index in [4.69, 9.17) is 4.74 Å². The number of methoxy groups -OCH3 is 1. The molecule has 1 aliphatic heterocycles. The Hall–Kier alpha value is -1.10. The first-order valence-electron chi connectivity index (χ1n) is 7.19. The van der Waals surface area contributed by atoms with Gasteiger partial charge in [-0.15, -0.1) is 0 Å². The predicted molar refractivity (Wildman–Crippen MR) is 73.7 cm³/mol. The largest absolute Gasteiger partial charge is 0.468 e. The van der Waals surface area contributed by atoms with E-state index in [1.807, 2.05) is 6.92 Å². The molecule has 0 aromatic carbocycles. The molecule has 1 saturated heterocycles. The Labute approximate surface area is 115 Å². The van der Waals surface area contributed by atoms with Crippen LogP contribution in [0.4, 0.5) is 0 Å². The van der Waals surface area contributed by atoms with E-state index in [2.05, 4.69) is 17.1 Å². The number of amides is 1. The van der Waals surface area contributed by atoms with Crippen LogP contribution in [0.5, 0.6) is 0 Å². The maximum Gasteiger partial charge on any atom is 0.322 e. The third-order valence-electron chi connectivity index (χ3n) is 3.82. The zero-order chi connectivity index (χ0) is 14.3. The van der Waals surface area contributed by atoms with E-state index in [0.29, 0.717) is 0 Å². The summed E-state index contributed by atoms with van der Waals surface area (Å²) in [4.78, 5) is 25.5. The molecule has 0 radical (unpaired) electrons. The second kappa shape index (κ2) is 8.15. The molecule has 1 N–H and O–H groups in total. The second-order valence-electron chi connectivity index (χ2n) is 5.15. The van der Waals surface area contributed by atoms with Crippen molar-refractivity contribution in [2.45, 2.75) is 45.6 Å². The predicted octanol–water partition coefficient (Wildman–Crippen LogP) is 1.18. The molecule has 0 bridgehead atoms. The number of ether oxygens (including phenoxy) is 1. The molecule has 0 saturated carbocycles. The van der Waals surface area contributed by atoms with E-state index >= 15 is 0 Å². The summed E-state index contributed by atoms with van der Waals surface area (Å²) in [5.74, 6) is 0.0580. The topological polar surface area (TPSA) is 58.6 Å². The average Bonchev–Trinajstić information content (AvgIpc) is 2.46. The Morgan fingerprint density at radius 1 is 1.37 bits per heavy atom. The van der Waals surface area contributed by atoms with Crippen molar-refractivity contribution in [2.75, 3.05) is 26.7 Å². The van der Waals surface area contributed by atoms with Crippen LogP contribution in [0.2, 0.25) is 0 Å². The number of hydrogen-bond acceptors (Lipinski definition) is 4. The number of nitrogens with one attached hydrogen (secondary N) is 1. The summed E-state index contributed by atoms with van der Waals surface area (Å²) in [7, 11) is 1.41. The van der Waals surface area contributed by atoms with E-state index in [9.17, 15) is 9.59 Å². The molecule has 19 heavy (non-hydrogen) atoms. The van der Waals surface area contributed by atoms with Gasteiger partial charge in [0.1, 0.15) is 6.04 Å². The molecule has 5 heteroatoms.